The van der Waals surface area contributed by atoms with Crippen molar-refractivity contribution in [3.05, 3.63) is 53.6 Å². The number of fused-ring (bicyclic) bond motifs is 1. The number of carbonyl (C=O) groups is 3. The van der Waals surface area contributed by atoms with Gasteiger partial charge in [0.2, 0.25) is 11.8 Å². The van der Waals surface area contributed by atoms with E-state index >= 15 is 4.39 Å². The molecule has 1 fully saturated rings. The maximum absolute atomic E-state index is 15.5. The van der Waals surface area contributed by atoms with Crippen LogP contribution in [0, 0.1) is 12.7 Å². The highest BCUT2D eigenvalue weighted by molar-refractivity contribution is 6.76. The second-order valence-electron chi connectivity index (χ2n) is 13.6. The largest absolute Gasteiger partial charge is 0.465 e. The lowest BCUT2D eigenvalue weighted by Gasteiger charge is -2.37. The van der Waals surface area contributed by atoms with Gasteiger partial charge in [0.05, 0.1) is 12.0 Å². The molecule has 0 aliphatic heterocycles. The summed E-state index contributed by atoms with van der Waals surface area (Å²) in [5, 5.41) is 18.1. The zero-order valence-electron chi connectivity index (χ0n) is 28.5. The molecule has 3 amide bonds. The van der Waals surface area contributed by atoms with Crippen LogP contribution in [0.2, 0.25) is 25.7 Å². The molecule has 262 valence electrons. The van der Waals surface area contributed by atoms with Crippen LogP contribution in [0.4, 0.5) is 9.18 Å². The highest BCUT2D eigenvalue weighted by Crippen LogP contribution is 2.34. The maximum atomic E-state index is 15.5. The summed E-state index contributed by atoms with van der Waals surface area (Å²) < 4.78 is 34.4. The number of carboxylic acid groups (broad SMARTS) is 1. The van der Waals surface area contributed by atoms with Crippen LogP contribution in [0.15, 0.2) is 36.7 Å². The molecule has 0 saturated heterocycles. The quantitative estimate of drug-likeness (QED) is 0.116. The van der Waals surface area contributed by atoms with E-state index < -0.39 is 37.5 Å². The Bertz CT molecular complexity index is 1590. The number of nitrogens with one attached hydrogen (secondary N) is 3. The number of rotatable bonds is 16. The Morgan fingerprint density at radius 2 is 1.85 bits per heavy atom. The topological polar surface area (TPSA) is 153 Å². The monoisotopic (exact) mass is 685 g/mol. The molecule has 48 heavy (non-hydrogen) atoms. The fourth-order valence-corrected chi connectivity index (χ4v) is 6.65. The van der Waals surface area contributed by atoms with Crippen molar-refractivity contribution in [3.63, 3.8) is 0 Å². The zero-order chi connectivity index (χ0) is 34.9. The van der Waals surface area contributed by atoms with Gasteiger partial charge in [0.25, 0.3) is 0 Å². The lowest BCUT2D eigenvalue weighted by atomic mass is 9.80. The summed E-state index contributed by atoms with van der Waals surface area (Å²) in [5.74, 6) is -1.28. The number of methoxy groups -OCH3 is 1. The Morgan fingerprint density at radius 3 is 2.52 bits per heavy atom. The van der Waals surface area contributed by atoms with Crippen molar-refractivity contribution in [1.29, 1.82) is 0 Å². The Labute approximate surface area is 281 Å². The third kappa shape index (κ3) is 9.77. The van der Waals surface area contributed by atoms with Crippen molar-refractivity contribution in [1.82, 2.24) is 25.5 Å². The first kappa shape index (κ1) is 36.8. The molecule has 2 heterocycles. The lowest BCUT2D eigenvalue weighted by Crippen LogP contribution is -2.63. The number of aromatic nitrogens is 2. The smallest absolute Gasteiger partial charge is 0.405 e. The first-order chi connectivity index (χ1) is 22.8. The molecule has 1 atom stereocenters. The van der Waals surface area contributed by atoms with Crippen LogP contribution >= 0.6 is 0 Å². The summed E-state index contributed by atoms with van der Waals surface area (Å²) in [6.45, 7) is 10.4. The van der Waals surface area contributed by atoms with Gasteiger partial charge in [-0.2, -0.15) is 0 Å². The second kappa shape index (κ2) is 16.4. The van der Waals surface area contributed by atoms with E-state index in [0.29, 0.717) is 49.7 Å². The molecule has 1 aliphatic rings. The van der Waals surface area contributed by atoms with Crippen LogP contribution in [0.1, 0.15) is 43.2 Å². The second-order valence-corrected chi connectivity index (χ2v) is 19.2. The summed E-state index contributed by atoms with van der Waals surface area (Å²) in [6.07, 6.45) is 5.23. The minimum Gasteiger partial charge on any atom is -0.465 e. The average molecular weight is 686 g/mol. The number of hydrogen-bond donors (Lipinski definition) is 4. The SMILES string of the molecule is COCCNC(=O)C1(NC(=O)C(Cc2ccc(Oc3ccnc4c3c(C)cn4COCC[Si](C)(C)C)c(F)c2)NC(=O)O)CCCCC1. The fourth-order valence-electron chi connectivity index (χ4n) is 5.90. The number of carbonyl (C=O) groups excluding carboxylic acids is 2. The maximum Gasteiger partial charge on any atom is 0.405 e. The summed E-state index contributed by atoms with van der Waals surface area (Å²) >= 11 is 0. The number of amides is 3. The van der Waals surface area contributed by atoms with Gasteiger partial charge in [-0.1, -0.05) is 45.0 Å². The molecule has 1 aliphatic carbocycles. The van der Waals surface area contributed by atoms with Gasteiger partial charge in [-0.25, -0.2) is 14.2 Å². The third-order valence-electron chi connectivity index (χ3n) is 8.50. The Kier molecular flexibility index (Phi) is 12.6. The molecule has 2 aromatic heterocycles. The van der Waals surface area contributed by atoms with E-state index in [1.807, 2.05) is 17.7 Å². The fraction of sp³-hybridized carbons (Fsp3) is 0.529. The van der Waals surface area contributed by atoms with Crippen LogP contribution in [-0.4, -0.2) is 79.1 Å². The van der Waals surface area contributed by atoms with Gasteiger partial charge >= 0.3 is 6.09 Å². The van der Waals surface area contributed by atoms with Gasteiger partial charge in [-0.05, 0) is 55.1 Å². The number of aryl methyl sites for hydroxylation is 1. The molecule has 4 rings (SSSR count). The molecular formula is C34H48FN5O7Si. The van der Waals surface area contributed by atoms with Crippen molar-refractivity contribution < 1.29 is 38.1 Å². The van der Waals surface area contributed by atoms with Gasteiger partial charge < -0.3 is 39.8 Å². The first-order valence-corrected chi connectivity index (χ1v) is 20.1. The number of nitrogens with zero attached hydrogens (tertiary/aromatic N) is 2. The summed E-state index contributed by atoms with van der Waals surface area (Å²) in [6, 6.07) is 5.70. The summed E-state index contributed by atoms with van der Waals surface area (Å²) in [5.41, 5.74) is 0.758. The van der Waals surface area contributed by atoms with E-state index in [4.69, 9.17) is 14.2 Å². The number of ether oxygens (including phenoxy) is 3. The lowest BCUT2D eigenvalue weighted by molar-refractivity contribution is -0.136. The van der Waals surface area contributed by atoms with Crippen molar-refractivity contribution in [2.75, 3.05) is 26.9 Å². The van der Waals surface area contributed by atoms with Crippen molar-refractivity contribution in [2.45, 2.75) is 89.4 Å². The Hall–Kier alpha value is -4.01. The van der Waals surface area contributed by atoms with Crippen molar-refractivity contribution in [2.24, 2.45) is 0 Å². The minimum atomic E-state index is -1.41. The van der Waals surface area contributed by atoms with Gasteiger partial charge in [-0.3, -0.25) is 9.59 Å². The molecule has 1 aromatic carbocycles. The molecule has 0 spiro atoms. The van der Waals surface area contributed by atoms with Gasteiger partial charge in [0.1, 0.15) is 29.7 Å². The van der Waals surface area contributed by atoms with Crippen LogP contribution in [0.3, 0.4) is 0 Å². The van der Waals surface area contributed by atoms with Crippen molar-refractivity contribution >= 4 is 37.0 Å². The van der Waals surface area contributed by atoms with Crippen LogP contribution in [0.5, 0.6) is 11.5 Å². The van der Waals surface area contributed by atoms with E-state index in [2.05, 4.69) is 40.6 Å². The molecule has 1 saturated carbocycles. The molecule has 12 nitrogen and oxygen atoms in total. The molecule has 4 N–H and O–H groups in total. The number of halogens is 1. The van der Waals surface area contributed by atoms with Gasteiger partial charge in [0, 0.05) is 47.1 Å². The predicted molar refractivity (Wildman–Crippen MR) is 183 cm³/mol. The average Bonchev–Trinajstić information content (AvgIpc) is 3.36. The Balaban J connectivity index is 1.48. The molecule has 3 aromatic rings. The van der Waals surface area contributed by atoms with Crippen molar-refractivity contribution in [3.8, 4) is 11.5 Å². The number of hydrogen-bond acceptors (Lipinski definition) is 7. The highest BCUT2D eigenvalue weighted by Gasteiger charge is 2.42. The van der Waals surface area contributed by atoms with E-state index in [1.54, 1.807) is 18.3 Å². The van der Waals surface area contributed by atoms with Crippen LogP contribution in [-0.2, 0) is 32.2 Å². The van der Waals surface area contributed by atoms with Gasteiger partial charge in [-0.15, -0.1) is 0 Å². The molecule has 0 bridgehead atoms. The summed E-state index contributed by atoms with van der Waals surface area (Å²) in [7, 11) is 0.303. The van der Waals surface area contributed by atoms with Crippen LogP contribution in [0.25, 0.3) is 11.0 Å². The van der Waals surface area contributed by atoms with E-state index in [1.165, 1.54) is 19.2 Å². The van der Waals surface area contributed by atoms with E-state index in [-0.39, 0.29) is 24.6 Å². The molecule has 1 unspecified atom stereocenters. The molecule has 0 radical (unpaired) electrons. The first-order valence-electron chi connectivity index (χ1n) is 16.4. The highest BCUT2D eigenvalue weighted by atomic mass is 28.3. The molecule has 14 heteroatoms. The van der Waals surface area contributed by atoms with Crippen LogP contribution < -0.4 is 20.7 Å². The predicted octanol–water partition coefficient (Wildman–Crippen LogP) is 5.35. The molecular weight excluding hydrogens is 637 g/mol. The Morgan fingerprint density at radius 1 is 1.10 bits per heavy atom. The zero-order valence-corrected chi connectivity index (χ0v) is 29.5. The van der Waals surface area contributed by atoms with Gasteiger partial charge in [0.15, 0.2) is 11.6 Å². The summed E-state index contributed by atoms with van der Waals surface area (Å²) in [4.78, 5) is 42.8. The normalized spacial score (nSPS) is 15.1. The number of benzene rings is 1. The third-order valence-corrected chi connectivity index (χ3v) is 10.2. The van der Waals surface area contributed by atoms with E-state index in [9.17, 15) is 19.5 Å². The minimum absolute atomic E-state index is 0.0362. The number of pyridine rings is 1. The standard InChI is InChI=1S/C34H48FN5O7Si/c1-23-21-40(22-46-17-18-48(3,4)5)30-29(23)28(11-14-36-30)47-27-10-9-24(19-25(27)35)20-26(38-33(43)44)31(41)39-34(12-7-6-8-13-34)32(42)37-15-16-45-2/h9-11,14,19,21,26,38H,6-8,12-13,15-18,20,22H2,1-5H3,(H,37,42)(H,39,41)(H,43,44). The van der Waals surface area contributed by atoms with E-state index in [0.717, 1.165) is 36.3 Å².